The quantitative estimate of drug-likeness (QED) is 0.376. The highest BCUT2D eigenvalue weighted by Gasteiger charge is 2.43. The summed E-state index contributed by atoms with van der Waals surface area (Å²) in [6.07, 6.45) is 3.49. The zero-order chi connectivity index (χ0) is 7.14. The van der Waals surface area contributed by atoms with E-state index in [0.29, 0.717) is 0 Å². The second-order valence-corrected chi connectivity index (χ2v) is 2.67. The van der Waals surface area contributed by atoms with E-state index < -0.39 is 12.1 Å². The Labute approximate surface area is 58.3 Å². The average Bonchev–Trinajstić information content (AvgIpc) is 2.41. The molecular formula is C7H8O3. The molecule has 0 aromatic heterocycles. The molecule has 1 fully saturated rings. The van der Waals surface area contributed by atoms with Crippen molar-refractivity contribution in [2.75, 3.05) is 0 Å². The molecule has 0 radical (unpaired) electrons. The highest BCUT2D eigenvalue weighted by molar-refractivity contribution is 5.77. The van der Waals surface area contributed by atoms with Crippen LogP contribution in [0, 0.1) is 5.92 Å². The summed E-state index contributed by atoms with van der Waals surface area (Å²) in [6.45, 7) is 0. The predicted molar refractivity (Wildman–Crippen MR) is 33.1 cm³/mol. The van der Waals surface area contributed by atoms with Crippen LogP contribution in [0.2, 0.25) is 0 Å². The summed E-state index contributed by atoms with van der Waals surface area (Å²) < 4.78 is 4.82. The molecule has 1 saturated heterocycles. The van der Waals surface area contributed by atoms with Crippen molar-refractivity contribution in [2.45, 2.75) is 18.6 Å². The number of hydrogen-bond acceptors (Lipinski definition) is 3. The van der Waals surface area contributed by atoms with Gasteiger partial charge in [0.1, 0.15) is 6.10 Å². The number of aliphatic hydroxyl groups excluding tert-OH is 1. The molecule has 1 aliphatic heterocycles. The molecule has 0 bridgehead atoms. The van der Waals surface area contributed by atoms with Gasteiger partial charge in [0, 0.05) is 5.92 Å². The van der Waals surface area contributed by atoms with E-state index >= 15 is 0 Å². The van der Waals surface area contributed by atoms with Crippen LogP contribution >= 0.6 is 0 Å². The van der Waals surface area contributed by atoms with E-state index in [0.717, 1.165) is 6.42 Å². The van der Waals surface area contributed by atoms with Crippen molar-refractivity contribution >= 4 is 5.97 Å². The van der Waals surface area contributed by atoms with Crippen LogP contribution in [0.25, 0.3) is 0 Å². The summed E-state index contributed by atoms with van der Waals surface area (Å²) in [5, 5.41) is 9.15. The zero-order valence-corrected chi connectivity index (χ0v) is 5.36. The number of hydrogen-bond donors (Lipinski definition) is 1. The molecule has 1 N–H and O–H groups in total. The van der Waals surface area contributed by atoms with Crippen molar-refractivity contribution in [2.24, 2.45) is 5.92 Å². The van der Waals surface area contributed by atoms with Gasteiger partial charge in [-0.25, -0.2) is 4.79 Å². The van der Waals surface area contributed by atoms with Crippen LogP contribution in [0.1, 0.15) is 6.42 Å². The minimum absolute atomic E-state index is 0.00694. The van der Waals surface area contributed by atoms with Crippen LogP contribution in [-0.2, 0) is 9.53 Å². The second-order valence-electron chi connectivity index (χ2n) is 2.67. The Bertz CT molecular complexity index is 197. The molecule has 0 unspecified atom stereocenters. The van der Waals surface area contributed by atoms with Gasteiger partial charge in [-0.05, 0) is 12.5 Å². The van der Waals surface area contributed by atoms with Crippen LogP contribution in [0.5, 0.6) is 0 Å². The topological polar surface area (TPSA) is 46.5 Å². The van der Waals surface area contributed by atoms with Gasteiger partial charge in [-0.3, -0.25) is 0 Å². The maximum Gasteiger partial charge on any atom is 0.336 e. The minimum Gasteiger partial charge on any atom is -0.456 e. The Morgan fingerprint density at radius 1 is 1.70 bits per heavy atom. The molecule has 0 saturated carbocycles. The Hall–Kier alpha value is -0.830. The van der Waals surface area contributed by atoms with E-state index in [-0.39, 0.29) is 12.0 Å². The lowest BCUT2D eigenvalue weighted by Crippen LogP contribution is -2.21. The molecule has 2 rings (SSSR count). The molecule has 0 aromatic carbocycles. The van der Waals surface area contributed by atoms with Gasteiger partial charge < -0.3 is 9.84 Å². The first-order chi connectivity index (χ1) is 4.79. The van der Waals surface area contributed by atoms with Crippen molar-refractivity contribution in [3.8, 4) is 0 Å². The molecule has 3 nitrogen and oxygen atoms in total. The van der Waals surface area contributed by atoms with E-state index in [4.69, 9.17) is 9.84 Å². The predicted octanol–water partition coefficient (Wildman–Crippen LogP) is -0.151. The van der Waals surface area contributed by atoms with E-state index in [9.17, 15) is 4.79 Å². The lowest BCUT2D eigenvalue weighted by molar-refractivity contribution is -0.146. The monoisotopic (exact) mass is 140 g/mol. The van der Waals surface area contributed by atoms with E-state index in [2.05, 4.69) is 0 Å². The fourth-order valence-corrected chi connectivity index (χ4v) is 1.46. The molecule has 0 aromatic rings. The first kappa shape index (κ1) is 5.92. The number of esters is 1. The highest BCUT2D eigenvalue weighted by Crippen LogP contribution is 2.31. The van der Waals surface area contributed by atoms with Gasteiger partial charge in [-0.15, -0.1) is 0 Å². The fraction of sp³-hybridized carbons (Fsp3) is 0.571. The van der Waals surface area contributed by atoms with Crippen molar-refractivity contribution < 1.29 is 14.6 Å². The molecule has 10 heavy (non-hydrogen) atoms. The van der Waals surface area contributed by atoms with Gasteiger partial charge in [0.15, 0.2) is 6.10 Å². The molecule has 1 aliphatic carbocycles. The van der Waals surface area contributed by atoms with Crippen molar-refractivity contribution in [1.29, 1.82) is 0 Å². The maximum absolute atomic E-state index is 10.7. The molecule has 3 atom stereocenters. The molecule has 2 aliphatic rings. The van der Waals surface area contributed by atoms with Gasteiger partial charge in [0.2, 0.25) is 0 Å². The molecule has 3 heteroatoms. The third kappa shape index (κ3) is 0.609. The molecule has 54 valence electrons. The highest BCUT2D eigenvalue weighted by atomic mass is 16.6. The number of carbonyl (C=O) groups is 1. The minimum atomic E-state index is -0.889. The van der Waals surface area contributed by atoms with Gasteiger partial charge in [-0.2, -0.15) is 0 Å². The third-order valence-electron chi connectivity index (χ3n) is 2.06. The van der Waals surface area contributed by atoms with Gasteiger partial charge in [0.25, 0.3) is 0 Å². The molecule has 0 spiro atoms. The van der Waals surface area contributed by atoms with Crippen molar-refractivity contribution in [3.05, 3.63) is 12.2 Å². The summed E-state index contributed by atoms with van der Waals surface area (Å²) in [5.41, 5.74) is 0. The fourth-order valence-electron chi connectivity index (χ4n) is 1.46. The molecule has 1 heterocycles. The van der Waals surface area contributed by atoms with Crippen LogP contribution in [0.3, 0.4) is 0 Å². The van der Waals surface area contributed by atoms with Gasteiger partial charge in [0.05, 0.1) is 0 Å². The van der Waals surface area contributed by atoms with E-state index in [1.165, 1.54) is 0 Å². The average molecular weight is 140 g/mol. The summed E-state index contributed by atoms with van der Waals surface area (Å²) in [7, 11) is 0. The number of carbonyl (C=O) groups excluding carboxylic acids is 1. The van der Waals surface area contributed by atoms with E-state index in [1.54, 1.807) is 0 Å². The van der Waals surface area contributed by atoms with Crippen LogP contribution in [-0.4, -0.2) is 23.3 Å². The summed E-state index contributed by atoms with van der Waals surface area (Å²) in [6, 6.07) is 0. The second kappa shape index (κ2) is 1.83. The Morgan fingerprint density at radius 3 is 3.20 bits per heavy atom. The first-order valence-electron chi connectivity index (χ1n) is 3.34. The van der Waals surface area contributed by atoms with Crippen molar-refractivity contribution in [1.82, 2.24) is 0 Å². The first-order valence-corrected chi connectivity index (χ1v) is 3.34. The van der Waals surface area contributed by atoms with Crippen molar-refractivity contribution in [3.63, 3.8) is 0 Å². The lowest BCUT2D eigenvalue weighted by Gasteiger charge is -2.05. The summed E-state index contributed by atoms with van der Waals surface area (Å²) in [4.78, 5) is 10.7. The smallest absolute Gasteiger partial charge is 0.336 e. The number of allylic oxidation sites excluding steroid dienone is 1. The SMILES string of the molecule is O=C1O[C@H]2C=CC[C@H]2[C@@H]1O. The Balaban J connectivity index is 2.22. The van der Waals surface area contributed by atoms with Gasteiger partial charge >= 0.3 is 5.97 Å². The van der Waals surface area contributed by atoms with Crippen LogP contribution < -0.4 is 0 Å². The standard InChI is InChI=1S/C7H8O3/c8-6-4-2-1-3-5(4)10-7(6)9/h1,3-6,8H,2H2/t4-,5+,6+/m1/s1. The Morgan fingerprint density at radius 2 is 2.50 bits per heavy atom. The summed E-state index contributed by atoms with van der Waals surface area (Å²) in [5.74, 6) is -0.480. The molecule has 0 amide bonds. The largest absolute Gasteiger partial charge is 0.456 e. The third-order valence-corrected chi connectivity index (χ3v) is 2.06. The number of aliphatic hydroxyl groups is 1. The number of ether oxygens (including phenoxy) is 1. The summed E-state index contributed by atoms with van der Waals surface area (Å²) >= 11 is 0. The Kier molecular flexibility index (Phi) is 1.08. The lowest BCUT2D eigenvalue weighted by atomic mass is 10.0. The maximum atomic E-state index is 10.7. The molecular weight excluding hydrogens is 132 g/mol. The van der Waals surface area contributed by atoms with Crippen LogP contribution in [0.4, 0.5) is 0 Å². The zero-order valence-electron chi connectivity index (χ0n) is 5.36. The number of rotatable bonds is 0. The van der Waals surface area contributed by atoms with Gasteiger partial charge in [-0.1, -0.05) is 6.08 Å². The van der Waals surface area contributed by atoms with E-state index in [1.807, 2.05) is 12.2 Å². The van der Waals surface area contributed by atoms with Crippen LogP contribution in [0.15, 0.2) is 12.2 Å². The number of fused-ring (bicyclic) bond motifs is 1. The normalized spacial score (nSPS) is 43.7.